The van der Waals surface area contributed by atoms with Crippen molar-refractivity contribution < 1.29 is 4.74 Å². The van der Waals surface area contributed by atoms with Gasteiger partial charge >= 0.3 is 0 Å². The van der Waals surface area contributed by atoms with E-state index in [4.69, 9.17) is 4.74 Å². The molecule has 1 fully saturated rings. The summed E-state index contributed by atoms with van der Waals surface area (Å²) in [6.45, 7) is 10.9. The number of nitrogens with zero attached hydrogens (tertiary/aromatic N) is 3. The molecule has 1 aromatic rings. The molecule has 0 bridgehead atoms. The van der Waals surface area contributed by atoms with Gasteiger partial charge in [-0.2, -0.15) is 5.10 Å². The van der Waals surface area contributed by atoms with Crippen LogP contribution in [0.5, 0.6) is 0 Å². The van der Waals surface area contributed by atoms with Gasteiger partial charge in [-0.25, -0.2) is 4.68 Å². The molecule has 1 aliphatic rings. The molecule has 0 amide bonds. The second-order valence-corrected chi connectivity index (χ2v) is 12.2. The van der Waals surface area contributed by atoms with Crippen LogP contribution in [0.3, 0.4) is 0 Å². The van der Waals surface area contributed by atoms with Gasteiger partial charge in [-0.05, 0) is 25.3 Å². The highest BCUT2D eigenvalue weighted by molar-refractivity contribution is 6.76. The molecule has 0 aliphatic carbocycles. The van der Waals surface area contributed by atoms with Crippen LogP contribution in [0.2, 0.25) is 25.7 Å². The summed E-state index contributed by atoms with van der Waals surface area (Å²) >= 11 is 0. The molecule has 0 atom stereocenters. The molecule has 2 rings (SSSR count). The zero-order chi connectivity index (χ0) is 13.7. The Bertz CT molecular complexity index is 380. The number of ether oxygens (including phenoxy) is 1. The Morgan fingerprint density at radius 2 is 1.95 bits per heavy atom. The summed E-state index contributed by atoms with van der Waals surface area (Å²) < 4.78 is 7.79. The van der Waals surface area contributed by atoms with Gasteiger partial charge in [-0.3, -0.25) is 0 Å². The predicted octanol–water partition coefficient (Wildman–Crippen LogP) is 3.19. The fourth-order valence-electron chi connectivity index (χ4n) is 2.35. The van der Waals surface area contributed by atoms with Crippen molar-refractivity contribution in [3.63, 3.8) is 0 Å². The van der Waals surface area contributed by atoms with Gasteiger partial charge < -0.3 is 9.64 Å². The average molecular weight is 281 g/mol. The van der Waals surface area contributed by atoms with Crippen molar-refractivity contribution in [2.75, 3.05) is 24.6 Å². The van der Waals surface area contributed by atoms with Crippen LogP contribution in [-0.2, 0) is 11.5 Å². The van der Waals surface area contributed by atoms with Gasteiger partial charge in [0.1, 0.15) is 12.5 Å². The normalized spacial score (nSPS) is 16.9. The van der Waals surface area contributed by atoms with E-state index in [2.05, 4.69) is 35.7 Å². The predicted molar refractivity (Wildman–Crippen MR) is 82.4 cm³/mol. The van der Waals surface area contributed by atoms with Crippen molar-refractivity contribution in [2.24, 2.45) is 0 Å². The Hall–Kier alpha value is -0.813. The van der Waals surface area contributed by atoms with E-state index in [0.29, 0.717) is 6.73 Å². The highest BCUT2D eigenvalue weighted by Gasteiger charge is 2.15. The number of hydrogen-bond acceptors (Lipinski definition) is 3. The average Bonchev–Trinajstić information content (AvgIpc) is 2.83. The van der Waals surface area contributed by atoms with E-state index in [9.17, 15) is 0 Å². The summed E-state index contributed by atoms with van der Waals surface area (Å²) in [7, 11) is -0.990. The van der Waals surface area contributed by atoms with Crippen LogP contribution in [0, 0.1) is 0 Å². The first-order chi connectivity index (χ1) is 9.06. The topological polar surface area (TPSA) is 30.3 Å². The number of rotatable bonds is 6. The largest absolute Gasteiger partial charge is 0.359 e. The molecule has 0 aromatic carbocycles. The Morgan fingerprint density at radius 1 is 1.21 bits per heavy atom. The molecule has 0 saturated carbocycles. The van der Waals surface area contributed by atoms with Crippen molar-refractivity contribution in [1.82, 2.24) is 9.78 Å². The van der Waals surface area contributed by atoms with Crippen molar-refractivity contribution >= 4 is 13.9 Å². The zero-order valence-corrected chi connectivity index (χ0v) is 13.6. The van der Waals surface area contributed by atoms with E-state index in [0.717, 1.165) is 19.7 Å². The minimum absolute atomic E-state index is 0.587. The molecular formula is C14H27N3OSi. The van der Waals surface area contributed by atoms with Crippen molar-refractivity contribution in [1.29, 1.82) is 0 Å². The van der Waals surface area contributed by atoms with Crippen molar-refractivity contribution in [3.05, 3.63) is 12.3 Å². The van der Waals surface area contributed by atoms with Crippen LogP contribution in [0.15, 0.2) is 12.3 Å². The fraction of sp³-hybridized carbons (Fsp3) is 0.786. The molecule has 1 saturated heterocycles. The van der Waals surface area contributed by atoms with E-state index in [-0.39, 0.29) is 0 Å². The summed E-state index contributed by atoms with van der Waals surface area (Å²) in [5, 5.41) is 4.39. The number of piperidine rings is 1. The van der Waals surface area contributed by atoms with Crippen LogP contribution in [-0.4, -0.2) is 37.6 Å². The van der Waals surface area contributed by atoms with Gasteiger partial charge in [0, 0.05) is 33.8 Å². The third-order valence-electron chi connectivity index (χ3n) is 3.58. The van der Waals surface area contributed by atoms with Gasteiger partial charge in [0.15, 0.2) is 0 Å². The van der Waals surface area contributed by atoms with Crippen LogP contribution in [0.25, 0.3) is 0 Å². The second-order valence-electron chi connectivity index (χ2n) is 6.58. The standard InChI is InChI=1S/C14H27N3OSi/c1-19(2,3)12-11-18-13-17-14(7-8-15-17)16-9-5-4-6-10-16/h7-8H,4-6,9-13H2,1-3H3. The summed E-state index contributed by atoms with van der Waals surface area (Å²) in [5.74, 6) is 1.22. The van der Waals surface area contributed by atoms with Crippen LogP contribution >= 0.6 is 0 Å². The first-order valence-corrected chi connectivity index (χ1v) is 11.1. The zero-order valence-electron chi connectivity index (χ0n) is 12.6. The second kappa shape index (κ2) is 6.57. The lowest BCUT2D eigenvalue weighted by Crippen LogP contribution is -2.31. The Morgan fingerprint density at radius 3 is 2.63 bits per heavy atom. The molecular weight excluding hydrogens is 254 g/mol. The van der Waals surface area contributed by atoms with Crippen molar-refractivity contribution in [3.8, 4) is 0 Å². The van der Waals surface area contributed by atoms with Gasteiger partial charge in [-0.15, -0.1) is 0 Å². The summed E-state index contributed by atoms with van der Waals surface area (Å²) in [6, 6.07) is 3.32. The Kier molecular flexibility index (Phi) is 5.04. The van der Waals surface area contributed by atoms with E-state index in [1.807, 2.05) is 10.9 Å². The minimum atomic E-state index is -0.990. The van der Waals surface area contributed by atoms with Crippen LogP contribution < -0.4 is 4.90 Å². The highest BCUT2D eigenvalue weighted by atomic mass is 28.3. The maximum absolute atomic E-state index is 5.79. The summed E-state index contributed by atoms with van der Waals surface area (Å²) in [6.07, 6.45) is 5.83. The lowest BCUT2D eigenvalue weighted by atomic mass is 10.1. The molecule has 0 radical (unpaired) electrons. The molecule has 1 aromatic heterocycles. The lowest BCUT2D eigenvalue weighted by molar-refractivity contribution is 0.0793. The van der Waals surface area contributed by atoms with Gasteiger partial charge in [0.2, 0.25) is 0 Å². The van der Waals surface area contributed by atoms with E-state index < -0.39 is 8.07 Å². The van der Waals surface area contributed by atoms with Gasteiger partial charge in [0.05, 0.1) is 6.20 Å². The molecule has 0 unspecified atom stereocenters. The number of anilines is 1. The number of aromatic nitrogens is 2. The SMILES string of the molecule is C[Si](C)(C)CCOCn1nccc1N1CCCCC1. The highest BCUT2D eigenvalue weighted by Crippen LogP contribution is 2.19. The first-order valence-electron chi connectivity index (χ1n) is 7.41. The molecule has 1 aliphatic heterocycles. The lowest BCUT2D eigenvalue weighted by Gasteiger charge is -2.28. The third kappa shape index (κ3) is 4.65. The van der Waals surface area contributed by atoms with Gasteiger partial charge in [-0.1, -0.05) is 19.6 Å². The quantitative estimate of drug-likeness (QED) is 0.592. The van der Waals surface area contributed by atoms with Gasteiger partial charge in [0.25, 0.3) is 0 Å². The third-order valence-corrected chi connectivity index (χ3v) is 5.29. The molecule has 2 heterocycles. The van der Waals surface area contributed by atoms with E-state index in [1.54, 1.807) is 0 Å². The number of hydrogen-bond donors (Lipinski definition) is 0. The molecule has 0 N–H and O–H groups in total. The van der Waals surface area contributed by atoms with Crippen molar-refractivity contribution in [2.45, 2.75) is 51.7 Å². The van der Waals surface area contributed by atoms with Crippen LogP contribution in [0.4, 0.5) is 5.82 Å². The molecule has 0 spiro atoms. The summed E-state index contributed by atoms with van der Waals surface area (Å²) in [5.41, 5.74) is 0. The molecule has 4 nitrogen and oxygen atoms in total. The Labute approximate surface area is 117 Å². The fourth-order valence-corrected chi connectivity index (χ4v) is 3.10. The van der Waals surface area contributed by atoms with E-state index >= 15 is 0 Å². The smallest absolute Gasteiger partial charge is 0.141 e. The molecule has 19 heavy (non-hydrogen) atoms. The maximum atomic E-state index is 5.79. The van der Waals surface area contributed by atoms with Crippen LogP contribution in [0.1, 0.15) is 19.3 Å². The summed E-state index contributed by atoms with van der Waals surface area (Å²) in [4.78, 5) is 2.43. The van der Waals surface area contributed by atoms with E-state index in [1.165, 1.54) is 31.1 Å². The first kappa shape index (κ1) is 14.6. The minimum Gasteiger partial charge on any atom is -0.359 e. The monoisotopic (exact) mass is 281 g/mol. The molecule has 108 valence electrons. The molecule has 5 heteroatoms. The Balaban J connectivity index is 1.82. The maximum Gasteiger partial charge on any atom is 0.141 e.